The Morgan fingerprint density at radius 2 is 2.18 bits per heavy atom. The number of benzene rings is 1. The van der Waals surface area contributed by atoms with Crippen LogP contribution in [0.1, 0.15) is 30.6 Å². The van der Waals surface area contributed by atoms with Gasteiger partial charge in [0.25, 0.3) is 5.91 Å². The van der Waals surface area contributed by atoms with Crippen molar-refractivity contribution in [2.24, 2.45) is 0 Å². The number of carbonyl (C=O) groups is 1. The van der Waals surface area contributed by atoms with E-state index in [1.54, 1.807) is 13.3 Å². The van der Waals surface area contributed by atoms with E-state index in [4.69, 9.17) is 4.74 Å². The van der Waals surface area contributed by atoms with Gasteiger partial charge in [-0.15, -0.1) is 0 Å². The van der Waals surface area contributed by atoms with Gasteiger partial charge in [0.2, 0.25) is 0 Å². The first-order chi connectivity index (χ1) is 10.8. The fraction of sp³-hybridized carbons (Fsp3) is 0.412. The van der Waals surface area contributed by atoms with E-state index in [-0.39, 0.29) is 5.91 Å². The third-order valence-electron chi connectivity index (χ3n) is 4.22. The second-order valence-corrected chi connectivity index (χ2v) is 5.62. The van der Waals surface area contributed by atoms with Gasteiger partial charge in [-0.3, -0.25) is 4.79 Å². The Morgan fingerprint density at radius 3 is 2.86 bits per heavy atom. The number of rotatable bonds is 4. The Hall–Kier alpha value is -2.14. The molecule has 0 N–H and O–H groups in total. The van der Waals surface area contributed by atoms with Crippen molar-refractivity contribution in [3.8, 4) is 0 Å². The number of amides is 1. The van der Waals surface area contributed by atoms with Gasteiger partial charge in [-0.25, -0.2) is 4.98 Å². The van der Waals surface area contributed by atoms with Gasteiger partial charge in [-0.05, 0) is 18.4 Å². The molecule has 1 saturated heterocycles. The molecule has 0 radical (unpaired) electrons. The van der Waals surface area contributed by atoms with Crippen molar-refractivity contribution < 1.29 is 9.53 Å². The summed E-state index contributed by atoms with van der Waals surface area (Å²) in [4.78, 5) is 18.8. The molecular formula is C17H21N3O2. The molecule has 1 aromatic heterocycles. The second kappa shape index (κ2) is 6.75. The van der Waals surface area contributed by atoms with E-state index in [9.17, 15) is 4.79 Å². The van der Waals surface area contributed by atoms with Crippen molar-refractivity contribution in [1.29, 1.82) is 0 Å². The SMILES string of the molecule is CO[C@@H](C(=O)N1CCC[C@@H](n2ccnc2)C1)c1ccccc1. The van der Waals surface area contributed by atoms with Gasteiger partial charge in [-0.1, -0.05) is 30.3 Å². The Balaban J connectivity index is 1.73. The molecule has 1 fully saturated rings. The number of imidazole rings is 1. The molecule has 1 aliphatic heterocycles. The van der Waals surface area contributed by atoms with Crippen molar-refractivity contribution in [3.05, 3.63) is 54.6 Å². The molecule has 2 atom stereocenters. The van der Waals surface area contributed by atoms with E-state index in [1.165, 1.54) is 0 Å². The number of likely N-dealkylation sites (tertiary alicyclic amines) is 1. The second-order valence-electron chi connectivity index (χ2n) is 5.62. The minimum atomic E-state index is -0.525. The molecule has 1 amide bonds. The van der Waals surface area contributed by atoms with Gasteiger partial charge < -0.3 is 14.2 Å². The molecule has 0 saturated carbocycles. The monoisotopic (exact) mass is 299 g/mol. The molecular weight excluding hydrogens is 278 g/mol. The van der Waals surface area contributed by atoms with Crippen LogP contribution in [-0.4, -0.2) is 40.6 Å². The number of aromatic nitrogens is 2. The first-order valence-electron chi connectivity index (χ1n) is 7.63. The largest absolute Gasteiger partial charge is 0.367 e. The first kappa shape index (κ1) is 14.8. The van der Waals surface area contributed by atoms with E-state index in [1.807, 2.05) is 47.8 Å². The zero-order valence-electron chi connectivity index (χ0n) is 12.8. The molecule has 2 aromatic rings. The number of nitrogens with zero attached hydrogens (tertiary/aromatic N) is 3. The summed E-state index contributed by atoms with van der Waals surface area (Å²) in [5.41, 5.74) is 0.903. The van der Waals surface area contributed by atoms with Crippen LogP contribution >= 0.6 is 0 Å². The number of hydrogen-bond acceptors (Lipinski definition) is 3. The number of methoxy groups -OCH3 is 1. The summed E-state index contributed by atoms with van der Waals surface area (Å²) in [6, 6.07) is 9.97. The van der Waals surface area contributed by atoms with Gasteiger partial charge in [0, 0.05) is 32.6 Å². The number of ether oxygens (including phenoxy) is 1. The van der Waals surface area contributed by atoms with Crippen LogP contribution in [0.15, 0.2) is 49.1 Å². The van der Waals surface area contributed by atoms with Gasteiger partial charge >= 0.3 is 0 Å². The Morgan fingerprint density at radius 1 is 1.36 bits per heavy atom. The predicted molar refractivity (Wildman–Crippen MR) is 83.3 cm³/mol. The van der Waals surface area contributed by atoms with Gasteiger partial charge in [0.1, 0.15) is 0 Å². The van der Waals surface area contributed by atoms with E-state index in [2.05, 4.69) is 9.55 Å². The first-order valence-corrected chi connectivity index (χ1v) is 7.63. The lowest BCUT2D eigenvalue weighted by molar-refractivity contribution is -0.144. The maximum atomic E-state index is 12.8. The molecule has 5 heteroatoms. The molecule has 22 heavy (non-hydrogen) atoms. The van der Waals surface area contributed by atoms with Crippen molar-refractivity contribution in [2.75, 3.05) is 20.2 Å². The molecule has 0 aliphatic carbocycles. The smallest absolute Gasteiger partial charge is 0.256 e. The Kier molecular flexibility index (Phi) is 4.53. The maximum Gasteiger partial charge on any atom is 0.256 e. The maximum absolute atomic E-state index is 12.8. The van der Waals surface area contributed by atoms with Crippen molar-refractivity contribution in [3.63, 3.8) is 0 Å². The molecule has 1 aliphatic rings. The molecule has 2 heterocycles. The summed E-state index contributed by atoms with van der Waals surface area (Å²) in [5, 5.41) is 0. The minimum absolute atomic E-state index is 0.0403. The molecule has 5 nitrogen and oxygen atoms in total. The average molecular weight is 299 g/mol. The summed E-state index contributed by atoms with van der Waals surface area (Å²) >= 11 is 0. The molecule has 3 rings (SSSR count). The lowest BCUT2D eigenvalue weighted by Crippen LogP contribution is -2.43. The number of hydrogen-bond donors (Lipinski definition) is 0. The molecule has 1 aromatic carbocycles. The standard InChI is InChI=1S/C17H21N3O2/c1-22-16(14-6-3-2-4-7-14)17(21)19-10-5-8-15(12-19)20-11-9-18-13-20/h2-4,6-7,9,11,13,15-16H,5,8,10,12H2,1H3/t15-,16-/m1/s1. The fourth-order valence-corrected chi connectivity index (χ4v) is 3.06. The lowest BCUT2D eigenvalue weighted by Gasteiger charge is -2.35. The zero-order chi connectivity index (χ0) is 15.4. The summed E-state index contributed by atoms with van der Waals surface area (Å²) in [5.74, 6) is 0.0403. The highest BCUT2D eigenvalue weighted by molar-refractivity contribution is 5.82. The molecule has 0 bridgehead atoms. The Labute approximate surface area is 130 Å². The highest BCUT2D eigenvalue weighted by Gasteiger charge is 2.30. The Bertz CT molecular complexity index is 598. The summed E-state index contributed by atoms with van der Waals surface area (Å²) in [6.45, 7) is 1.50. The third-order valence-corrected chi connectivity index (χ3v) is 4.22. The van der Waals surface area contributed by atoms with Crippen LogP contribution in [0.2, 0.25) is 0 Å². The third kappa shape index (κ3) is 3.04. The topological polar surface area (TPSA) is 47.4 Å². The average Bonchev–Trinajstić information content (AvgIpc) is 3.11. The number of piperidine rings is 1. The summed E-state index contributed by atoms with van der Waals surface area (Å²) < 4.78 is 7.55. The quantitative estimate of drug-likeness (QED) is 0.871. The van der Waals surface area contributed by atoms with Crippen LogP contribution in [0.4, 0.5) is 0 Å². The zero-order valence-corrected chi connectivity index (χ0v) is 12.8. The molecule has 0 unspecified atom stereocenters. The van der Waals surface area contributed by atoms with E-state index < -0.39 is 6.10 Å². The van der Waals surface area contributed by atoms with E-state index in [0.717, 1.165) is 24.9 Å². The number of carbonyl (C=O) groups excluding carboxylic acids is 1. The highest BCUT2D eigenvalue weighted by Crippen LogP contribution is 2.25. The predicted octanol–water partition coefficient (Wildman–Crippen LogP) is 2.43. The van der Waals surface area contributed by atoms with E-state index >= 15 is 0 Å². The van der Waals surface area contributed by atoms with Crippen LogP contribution in [0.25, 0.3) is 0 Å². The fourth-order valence-electron chi connectivity index (χ4n) is 3.06. The molecule has 0 spiro atoms. The van der Waals surface area contributed by atoms with Gasteiger partial charge in [0.15, 0.2) is 6.10 Å². The minimum Gasteiger partial charge on any atom is -0.367 e. The van der Waals surface area contributed by atoms with Crippen LogP contribution in [0.5, 0.6) is 0 Å². The van der Waals surface area contributed by atoms with Crippen molar-refractivity contribution >= 4 is 5.91 Å². The van der Waals surface area contributed by atoms with Gasteiger partial charge in [0.05, 0.1) is 12.4 Å². The van der Waals surface area contributed by atoms with Crippen LogP contribution in [-0.2, 0) is 9.53 Å². The van der Waals surface area contributed by atoms with Crippen molar-refractivity contribution in [2.45, 2.75) is 25.0 Å². The normalized spacial score (nSPS) is 19.9. The molecule has 116 valence electrons. The summed E-state index contributed by atoms with van der Waals surface area (Å²) in [7, 11) is 1.59. The van der Waals surface area contributed by atoms with E-state index in [0.29, 0.717) is 12.6 Å². The van der Waals surface area contributed by atoms with Crippen LogP contribution in [0, 0.1) is 0 Å². The summed E-state index contributed by atoms with van der Waals surface area (Å²) in [6.07, 6.45) is 7.11. The van der Waals surface area contributed by atoms with Crippen LogP contribution < -0.4 is 0 Å². The van der Waals surface area contributed by atoms with Crippen LogP contribution in [0.3, 0.4) is 0 Å². The lowest BCUT2D eigenvalue weighted by atomic mass is 10.0. The van der Waals surface area contributed by atoms with Gasteiger partial charge in [-0.2, -0.15) is 0 Å². The highest BCUT2D eigenvalue weighted by atomic mass is 16.5. The van der Waals surface area contributed by atoms with Crippen molar-refractivity contribution in [1.82, 2.24) is 14.5 Å².